The van der Waals surface area contributed by atoms with Gasteiger partial charge in [0.2, 0.25) is 5.82 Å². The number of nitrogens with one attached hydrogen (secondary N) is 1. The first-order valence-electron chi connectivity index (χ1n) is 8.03. The van der Waals surface area contributed by atoms with Crippen LogP contribution in [0.4, 0.5) is 8.78 Å². The highest BCUT2D eigenvalue weighted by molar-refractivity contribution is 5.66. The molecule has 2 aromatic heterocycles. The zero-order valence-electron chi connectivity index (χ0n) is 14.2. The number of H-pyrrole nitrogens is 1. The fourth-order valence-corrected chi connectivity index (χ4v) is 2.87. The summed E-state index contributed by atoms with van der Waals surface area (Å²) >= 11 is 0. The van der Waals surface area contributed by atoms with Crippen molar-refractivity contribution in [3.05, 3.63) is 66.0 Å². The Morgan fingerprint density at radius 2 is 2.07 bits per heavy atom. The lowest BCUT2D eigenvalue weighted by Gasteiger charge is -2.13. The molecule has 27 heavy (non-hydrogen) atoms. The normalized spacial score (nSPS) is 10.9. The number of methoxy groups -OCH3 is 1. The lowest BCUT2D eigenvalue weighted by molar-refractivity contribution is 0.408. The van der Waals surface area contributed by atoms with Crippen molar-refractivity contribution in [3.63, 3.8) is 0 Å². The SMILES string of the molecule is COc1ccc(F)c(F)c1-c1nccn1Cc1cccc(-c2nn[nH]n2)c1. The van der Waals surface area contributed by atoms with E-state index in [4.69, 9.17) is 4.74 Å². The third kappa shape index (κ3) is 3.14. The third-order valence-electron chi connectivity index (χ3n) is 4.10. The molecule has 7 nitrogen and oxygen atoms in total. The van der Waals surface area contributed by atoms with Gasteiger partial charge >= 0.3 is 0 Å². The number of nitrogens with zero attached hydrogens (tertiary/aromatic N) is 5. The Balaban J connectivity index is 1.73. The van der Waals surface area contributed by atoms with Gasteiger partial charge < -0.3 is 9.30 Å². The van der Waals surface area contributed by atoms with Crippen LogP contribution in [0.5, 0.6) is 5.75 Å². The predicted molar refractivity (Wildman–Crippen MR) is 92.8 cm³/mol. The summed E-state index contributed by atoms with van der Waals surface area (Å²) in [5.41, 5.74) is 1.68. The first-order chi connectivity index (χ1) is 13.2. The standard InChI is InChI=1S/C18H14F2N6O/c1-27-14-6-5-13(19)16(20)15(14)18-21-7-8-26(18)10-11-3-2-4-12(9-11)17-22-24-25-23-17/h2-9H,10H2,1H3,(H,22,23,24,25). The Morgan fingerprint density at radius 1 is 1.19 bits per heavy atom. The van der Waals surface area contributed by atoms with Crippen LogP contribution in [0.15, 0.2) is 48.8 Å². The summed E-state index contributed by atoms with van der Waals surface area (Å²) in [4.78, 5) is 4.20. The summed E-state index contributed by atoms with van der Waals surface area (Å²) in [6, 6.07) is 9.93. The third-order valence-corrected chi connectivity index (χ3v) is 4.10. The minimum atomic E-state index is -0.998. The second-order valence-corrected chi connectivity index (χ2v) is 5.75. The Bertz CT molecular complexity index is 1080. The highest BCUT2D eigenvalue weighted by Gasteiger charge is 2.20. The van der Waals surface area contributed by atoms with Crippen molar-refractivity contribution < 1.29 is 13.5 Å². The minimum absolute atomic E-state index is 0.0168. The van der Waals surface area contributed by atoms with E-state index < -0.39 is 11.6 Å². The van der Waals surface area contributed by atoms with Crippen LogP contribution < -0.4 is 4.74 Å². The van der Waals surface area contributed by atoms with Crippen molar-refractivity contribution >= 4 is 0 Å². The highest BCUT2D eigenvalue weighted by Crippen LogP contribution is 2.33. The lowest BCUT2D eigenvalue weighted by Crippen LogP contribution is -2.05. The van der Waals surface area contributed by atoms with Crippen LogP contribution in [-0.4, -0.2) is 37.3 Å². The van der Waals surface area contributed by atoms with Crippen LogP contribution in [0.2, 0.25) is 0 Å². The quantitative estimate of drug-likeness (QED) is 0.585. The number of aromatic nitrogens is 6. The number of tetrazole rings is 1. The molecule has 0 amide bonds. The number of rotatable bonds is 5. The van der Waals surface area contributed by atoms with Crippen LogP contribution in [0.3, 0.4) is 0 Å². The summed E-state index contributed by atoms with van der Waals surface area (Å²) < 4.78 is 35.1. The van der Waals surface area contributed by atoms with Gasteiger partial charge in [-0.15, -0.1) is 10.2 Å². The summed E-state index contributed by atoms with van der Waals surface area (Å²) in [5, 5.41) is 13.9. The second-order valence-electron chi connectivity index (χ2n) is 5.75. The zero-order valence-corrected chi connectivity index (χ0v) is 14.2. The van der Waals surface area contributed by atoms with E-state index in [9.17, 15) is 8.78 Å². The largest absolute Gasteiger partial charge is 0.496 e. The van der Waals surface area contributed by atoms with E-state index in [0.717, 1.165) is 17.2 Å². The molecule has 0 aliphatic heterocycles. The number of halogens is 2. The molecule has 0 saturated carbocycles. The molecule has 0 unspecified atom stereocenters. The summed E-state index contributed by atoms with van der Waals surface area (Å²) in [7, 11) is 1.40. The maximum absolute atomic E-state index is 14.4. The van der Waals surface area contributed by atoms with Gasteiger partial charge in [0, 0.05) is 24.5 Å². The summed E-state index contributed by atoms with van der Waals surface area (Å²) in [6.07, 6.45) is 3.22. The molecule has 2 heterocycles. The van der Waals surface area contributed by atoms with Crippen LogP contribution in [0, 0.1) is 11.6 Å². The molecular formula is C18H14F2N6O. The lowest BCUT2D eigenvalue weighted by atomic mass is 10.1. The fraction of sp³-hybridized carbons (Fsp3) is 0.111. The van der Waals surface area contributed by atoms with E-state index in [2.05, 4.69) is 25.6 Å². The van der Waals surface area contributed by atoms with Gasteiger partial charge in [-0.3, -0.25) is 0 Å². The molecule has 0 spiro atoms. The number of aromatic amines is 1. The van der Waals surface area contributed by atoms with Crippen molar-refractivity contribution in [2.45, 2.75) is 6.54 Å². The average molecular weight is 368 g/mol. The molecule has 0 saturated heterocycles. The highest BCUT2D eigenvalue weighted by atomic mass is 19.2. The van der Waals surface area contributed by atoms with Crippen LogP contribution >= 0.6 is 0 Å². The Morgan fingerprint density at radius 3 is 2.85 bits per heavy atom. The van der Waals surface area contributed by atoms with E-state index in [0.29, 0.717) is 12.4 Å². The van der Waals surface area contributed by atoms with Gasteiger partial charge in [0.1, 0.15) is 11.6 Å². The van der Waals surface area contributed by atoms with Gasteiger partial charge in [-0.05, 0) is 29.0 Å². The summed E-state index contributed by atoms with van der Waals surface area (Å²) in [5.74, 6) is -1.00. The Hall–Kier alpha value is -3.62. The number of imidazole rings is 1. The number of benzene rings is 2. The van der Waals surface area contributed by atoms with Crippen molar-refractivity contribution in [1.82, 2.24) is 30.2 Å². The van der Waals surface area contributed by atoms with E-state index in [1.165, 1.54) is 19.4 Å². The van der Waals surface area contributed by atoms with Gasteiger partial charge in [-0.1, -0.05) is 18.2 Å². The molecule has 0 bridgehead atoms. The van der Waals surface area contributed by atoms with E-state index in [1.54, 1.807) is 10.8 Å². The average Bonchev–Trinajstić information content (AvgIpc) is 3.36. The fourth-order valence-electron chi connectivity index (χ4n) is 2.87. The topological polar surface area (TPSA) is 81.5 Å². The Labute approximate surface area is 152 Å². The molecule has 0 radical (unpaired) electrons. The smallest absolute Gasteiger partial charge is 0.204 e. The number of ether oxygens (including phenoxy) is 1. The molecule has 0 atom stereocenters. The maximum atomic E-state index is 14.4. The first-order valence-corrected chi connectivity index (χ1v) is 8.03. The molecule has 0 aliphatic carbocycles. The Kier molecular flexibility index (Phi) is 4.33. The van der Waals surface area contributed by atoms with Gasteiger partial charge in [-0.2, -0.15) is 5.21 Å². The molecule has 136 valence electrons. The van der Waals surface area contributed by atoms with Crippen molar-refractivity contribution in [2.24, 2.45) is 0 Å². The van der Waals surface area contributed by atoms with E-state index in [-0.39, 0.29) is 17.1 Å². The molecule has 1 N–H and O–H groups in total. The molecular weight excluding hydrogens is 354 g/mol. The molecule has 4 aromatic rings. The van der Waals surface area contributed by atoms with E-state index in [1.807, 2.05) is 24.3 Å². The van der Waals surface area contributed by atoms with Crippen LogP contribution in [0.1, 0.15) is 5.56 Å². The molecule has 0 fully saturated rings. The maximum Gasteiger partial charge on any atom is 0.204 e. The van der Waals surface area contributed by atoms with Gasteiger partial charge in [-0.25, -0.2) is 13.8 Å². The predicted octanol–water partition coefficient (Wildman–Crippen LogP) is 3.07. The molecule has 4 rings (SSSR count). The van der Waals surface area contributed by atoms with Crippen LogP contribution in [0.25, 0.3) is 22.8 Å². The van der Waals surface area contributed by atoms with E-state index >= 15 is 0 Å². The first kappa shape index (κ1) is 16.8. The van der Waals surface area contributed by atoms with Crippen LogP contribution in [-0.2, 0) is 6.54 Å². The minimum Gasteiger partial charge on any atom is -0.496 e. The molecule has 2 aromatic carbocycles. The summed E-state index contributed by atoms with van der Waals surface area (Å²) in [6.45, 7) is 0.389. The van der Waals surface area contributed by atoms with Crippen molar-refractivity contribution in [2.75, 3.05) is 7.11 Å². The number of hydrogen-bond donors (Lipinski definition) is 1. The van der Waals surface area contributed by atoms with Crippen molar-refractivity contribution in [1.29, 1.82) is 0 Å². The second kappa shape index (κ2) is 6.94. The number of hydrogen-bond acceptors (Lipinski definition) is 5. The zero-order chi connectivity index (χ0) is 18.8. The monoisotopic (exact) mass is 368 g/mol. The van der Waals surface area contributed by atoms with Gasteiger partial charge in [0.15, 0.2) is 11.6 Å². The molecule has 9 heteroatoms. The van der Waals surface area contributed by atoms with Crippen molar-refractivity contribution in [3.8, 4) is 28.5 Å². The van der Waals surface area contributed by atoms with Gasteiger partial charge in [0.25, 0.3) is 0 Å². The molecule has 0 aliphatic rings. The van der Waals surface area contributed by atoms with Gasteiger partial charge in [0.05, 0.1) is 12.7 Å².